The molecule has 2 rings (SSSR count). The van der Waals surface area contributed by atoms with Crippen molar-refractivity contribution < 1.29 is 14.2 Å². The van der Waals surface area contributed by atoms with Gasteiger partial charge in [0.2, 0.25) is 0 Å². The molecule has 6 nitrogen and oxygen atoms in total. The average Bonchev–Trinajstić information content (AvgIpc) is 2.69. The quantitative estimate of drug-likeness (QED) is 0.172. The minimum absolute atomic E-state index is 0. The molecular formula is C23H40IN3O3. The van der Waals surface area contributed by atoms with Gasteiger partial charge in [-0.05, 0) is 57.1 Å². The number of aryl methyl sites for hydroxylation is 1. The summed E-state index contributed by atoms with van der Waals surface area (Å²) in [6.07, 6.45) is 4.94. The van der Waals surface area contributed by atoms with Crippen LogP contribution in [0.15, 0.2) is 23.2 Å². The van der Waals surface area contributed by atoms with Gasteiger partial charge in [-0.15, -0.1) is 24.0 Å². The lowest BCUT2D eigenvalue weighted by atomic mass is 9.67. The lowest BCUT2D eigenvalue weighted by Crippen LogP contribution is -2.46. The molecule has 7 heteroatoms. The number of nitrogens with zero attached hydrogens (tertiary/aromatic N) is 1. The smallest absolute Gasteiger partial charge is 0.191 e. The van der Waals surface area contributed by atoms with E-state index in [1.165, 1.54) is 24.8 Å². The highest BCUT2D eigenvalue weighted by atomic mass is 127. The van der Waals surface area contributed by atoms with E-state index in [0.717, 1.165) is 43.4 Å². The van der Waals surface area contributed by atoms with Crippen molar-refractivity contribution >= 4 is 29.9 Å². The van der Waals surface area contributed by atoms with Crippen LogP contribution in [0.1, 0.15) is 50.7 Å². The molecule has 0 unspecified atom stereocenters. The Kier molecular flexibility index (Phi) is 13.4. The van der Waals surface area contributed by atoms with Gasteiger partial charge in [-0.1, -0.05) is 18.6 Å². The second kappa shape index (κ2) is 14.9. The van der Waals surface area contributed by atoms with Crippen molar-refractivity contribution in [2.24, 2.45) is 10.4 Å². The normalized spacial score (nSPS) is 15.1. The van der Waals surface area contributed by atoms with Crippen molar-refractivity contribution in [3.8, 4) is 5.75 Å². The Bertz CT molecular complexity index is 636. The van der Waals surface area contributed by atoms with Crippen molar-refractivity contribution in [1.82, 2.24) is 10.6 Å². The highest BCUT2D eigenvalue weighted by Crippen LogP contribution is 2.43. The molecule has 0 atom stereocenters. The molecule has 0 amide bonds. The number of rotatable bonds is 13. The molecule has 0 aromatic heterocycles. The lowest BCUT2D eigenvalue weighted by Gasteiger charge is -2.42. The minimum atomic E-state index is 0. The second-order valence-corrected chi connectivity index (χ2v) is 7.80. The zero-order valence-corrected chi connectivity index (χ0v) is 21.4. The van der Waals surface area contributed by atoms with Crippen LogP contribution in [-0.4, -0.2) is 52.6 Å². The van der Waals surface area contributed by atoms with Gasteiger partial charge in [0.15, 0.2) is 5.96 Å². The van der Waals surface area contributed by atoms with Gasteiger partial charge in [0.1, 0.15) is 12.4 Å². The number of guanidine groups is 1. The van der Waals surface area contributed by atoms with Crippen LogP contribution in [-0.2, 0) is 16.0 Å². The van der Waals surface area contributed by atoms with Gasteiger partial charge < -0.3 is 24.8 Å². The maximum Gasteiger partial charge on any atom is 0.191 e. The van der Waals surface area contributed by atoms with Crippen molar-refractivity contribution in [2.45, 2.75) is 53.0 Å². The second-order valence-electron chi connectivity index (χ2n) is 7.80. The summed E-state index contributed by atoms with van der Waals surface area (Å²) in [4.78, 5) is 4.81. The zero-order valence-electron chi connectivity index (χ0n) is 19.1. The van der Waals surface area contributed by atoms with Crippen LogP contribution in [0.3, 0.4) is 0 Å². The largest absolute Gasteiger partial charge is 0.491 e. The number of hydrogen-bond acceptors (Lipinski definition) is 4. The van der Waals surface area contributed by atoms with Crippen LogP contribution >= 0.6 is 24.0 Å². The van der Waals surface area contributed by atoms with Crippen LogP contribution in [0.2, 0.25) is 0 Å². The summed E-state index contributed by atoms with van der Waals surface area (Å²) >= 11 is 0. The van der Waals surface area contributed by atoms with Crippen LogP contribution in [0.4, 0.5) is 0 Å². The highest BCUT2D eigenvalue weighted by Gasteiger charge is 2.36. The first-order valence-electron chi connectivity index (χ1n) is 10.9. The monoisotopic (exact) mass is 533 g/mol. The van der Waals surface area contributed by atoms with E-state index in [1.54, 1.807) is 7.11 Å². The van der Waals surface area contributed by atoms with E-state index in [2.05, 4.69) is 42.7 Å². The third-order valence-corrected chi connectivity index (χ3v) is 5.55. The molecule has 1 aromatic carbocycles. The summed E-state index contributed by atoms with van der Waals surface area (Å²) in [5.41, 5.74) is 2.62. The molecule has 1 saturated carbocycles. The summed E-state index contributed by atoms with van der Waals surface area (Å²) < 4.78 is 16.6. The van der Waals surface area contributed by atoms with Gasteiger partial charge in [0.25, 0.3) is 0 Å². The fraction of sp³-hybridized carbons (Fsp3) is 0.696. The van der Waals surface area contributed by atoms with Crippen molar-refractivity contribution in [3.63, 3.8) is 0 Å². The Labute approximate surface area is 199 Å². The number of nitrogens with one attached hydrogen (secondary N) is 2. The summed E-state index contributed by atoms with van der Waals surface area (Å²) in [5, 5.41) is 6.92. The Hall–Kier alpha value is -1.06. The van der Waals surface area contributed by atoms with E-state index in [1.807, 2.05) is 6.92 Å². The summed E-state index contributed by atoms with van der Waals surface area (Å²) in [6.45, 7) is 11.2. The Morgan fingerprint density at radius 3 is 2.57 bits per heavy atom. The molecule has 0 saturated heterocycles. The van der Waals surface area contributed by atoms with Crippen LogP contribution in [0.5, 0.6) is 5.75 Å². The maximum atomic E-state index is 5.95. The number of ether oxygens (including phenoxy) is 3. The molecule has 30 heavy (non-hydrogen) atoms. The SMILES string of the molecule is CCNC(=NCc1ccc(C)cc1OCCOCC)NCC1(CCOC)CCC1.I. The summed E-state index contributed by atoms with van der Waals surface area (Å²) in [6, 6.07) is 6.28. The number of aliphatic imine (C=N–C) groups is 1. The molecule has 172 valence electrons. The van der Waals surface area contributed by atoms with Gasteiger partial charge in [-0.3, -0.25) is 0 Å². The Morgan fingerprint density at radius 2 is 1.93 bits per heavy atom. The van der Waals surface area contributed by atoms with E-state index in [0.29, 0.717) is 31.8 Å². The highest BCUT2D eigenvalue weighted by molar-refractivity contribution is 14.0. The van der Waals surface area contributed by atoms with Gasteiger partial charge >= 0.3 is 0 Å². The fourth-order valence-electron chi connectivity index (χ4n) is 3.57. The zero-order chi connectivity index (χ0) is 21.0. The first kappa shape index (κ1) is 27.0. The molecule has 1 aromatic rings. The predicted molar refractivity (Wildman–Crippen MR) is 134 cm³/mol. The number of halogens is 1. The molecular weight excluding hydrogens is 493 g/mol. The average molecular weight is 533 g/mol. The molecule has 1 fully saturated rings. The number of hydrogen-bond donors (Lipinski definition) is 2. The predicted octanol–water partition coefficient (Wildman–Crippen LogP) is 4.29. The van der Waals surface area contributed by atoms with E-state index in [9.17, 15) is 0 Å². The molecule has 0 aliphatic heterocycles. The van der Waals surface area contributed by atoms with Gasteiger partial charge in [0, 0.05) is 39.0 Å². The summed E-state index contributed by atoms with van der Waals surface area (Å²) in [7, 11) is 1.78. The molecule has 0 heterocycles. The van der Waals surface area contributed by atoms with Gasteiger partial charge in [-0.25, -0.2) is 4.99 Å². The van der Waals surface area contributed by atoms with E-state index in [-0.39, 0.29) is 24.0 Å². The van der Waals surface area contributed by atoms with Crippen molar-refractivity contribution in [3.05, 3.63) is 29.3 Å². The lowest BCUT2D eigenvalue weighted by molar-refractivity contribution is 0.0732. The Morgan fingerprint density at radius 1 is 1.13 bits per heavy atom. The van der Waals surface area contributed by atoms with Crippen LogP contribution in [0, 0.1) is 12.3 Å². The van der Waals surface area contributed by atoms with Crippen molar-refractivity contribution in [1.29, 1.82) is 0 Å². The summed E-state index contributed by atoms with van der Waals surface area (Å²) in [5.74, 6) is 1.75. The topological polar surface area (TPSA) is 64.1 Å². The van der Waals surface area contributed by atoms with Crippen molar-refractivity contribution in [2.75, 3.05) is 46.6 Å². The minimum Gasteiger partial charge on any atom is -0.491 e. The first-order chi connectivity index (χ1) is 14.1. The molecule has 2 N–H and O–H groups in total. The van der Waals surface area contributed by atoms with E-state index in [4.69, 9.17) is 19.2 Å². The van der Waals surface area contributed by atoms with Gasteiger partial charge in [-0.2, -0.15) is 0 Å². The third kappa shape index (κ3) is 8.98. The third-order valence-electron chi connectivity index (χ3n) is 5.55. The Balaban J connectivity index is 0.00000450. The number of benzene rings is 1. The van der Waals surface area contributed by atoms with E-state index >= 15 is 0 Å². The molecule has 0 spiro atoms. The first-order valence-corrected chi connectivity index (χ1v) is 10.9. The van der Waals surface area contributed by atoms with Crippen LogP contribution in [0.25, 0.3) is 0 Å². The van der Waals surface area contributed by atoms with Crippen LogP contribution < -0.4 is 15.4 Å². The van der Waals surface area contributed by atoms with E-state index < -0.39 is 0 Å². The van der Waals surface area contributed by atoms with Gasteiger partial charge in [0.05, 0.1) is 13.2 Å². The maximum absolute atomic E-state index is 5.95. The molecule has 0 bridgehead atoms. The standard InChI is InChI=1S/C23H39N3O3.HI/c1-5-24-22(26-18-23(10-7-11-23)12-13-27-4)25-17-20-9-8-19(3)16-21(20)29-15-14-28-6-2;/h8-9,16H,5-7,10-15,17-18H2,1-4H3,(H2,24,25,26);1H. The molecule has 1 aliphatic rings. The number of methoxy groups -OCH3 is 1. The molecule has 0 radical (unpaired) electrons. The molecule has 1 aliphatic carbocycles. The fourth-order valence-corrected chi connectivity index (χ4v) is 3.57.